The third-order valence-corrected chi connectivity index (χ3v) is 6.87. The molecule has 0 saturated heterocycles. The summed E-state index contributed by atoms with van der Waals surface area (Å²) in [5.41, 5.74) is 1.34. The van der Waals surface area contributed by atoms with Crippen LogP contribution in [0.5, 0.6) is 0 Å². The molecule has 0 aliphatic rings. The number of thiol groups is 1. The normalized spacial score (nSPS) is 11.6. The third kappa shape index (κ3) is 12.9. The Bertz CT molecular complexity index is 1210. The average Bonchev–Trinajstić information content (AvgIpc) is 3.45. The molecule has 230 valence electrons. The molecule has 2 rings (SSSR count). The molecule has 0 saturated carbocycles. The van der Waals surface area contributed by atoms with Gasteiger partial charge in [-0.15, -0.1) is 11.3 Å². The zero-order chi connectivity index (χ0) is 31.1. The van der Waals surface area contributed by atoms with Crippen LogP contribution < -0.4 is 21.3 Å². The van der Waals surface area contributed by atoms with Crippen molar-refractivity contribution in [2.24, 2.45) is 0 Å². The number of hydrogen-bond donors (Lipinski definition) is 5. The summed E-state index contributed by atoms with van der Waals surface area (Å²) in [5.74, 6) is -1.73. The van der Waals surface area contributed by atoms with E-state index in [1.807, 2.05) is 45.0 Å². The third-order valence-electron chi connectivity index (χ3n) is 5.62. The van der Waals surface area contributed by atoms with Crippen LogP contribution in [0.4, 0.5) is 4.79 Å². The molecule has 1 aromatic heterocycles. The number of carbonyl (C=O) groups is 5. The number of methoxy groups -OCH3 is 1. The summed E-state index contributed by atoms with van der Waals surface area (Å²) in [6.45, 7) is 6.00. The van der Waals surface area contributed by atoms with Crippen LogP contribution in [0.15, 0.2) is 29.6 Å². The molecule has 1 atom stereocenters. The van der Waals surface area contributed by atoms with Crippen LogP contribution in [0.3, 0.4) is 0 Å². The lowest BCUT2D eigenvalue weighted by molar-refractivity contribution is -0.141. The number of benzene rings is 1. The molecule has 0 spiro atoms. The van der Waals surface area contributed by atoms with E-state index < -0.39 is 35.5 Å². The van der Waals surface area contributed by atoms with Crippen molar-refractivity contribution in [2.45, 2.75) is 64.6 Å². The van der Waals surface area contributed by atoms with Gasteiger partial charge in [0.2, 0.25) is 11.8 Å². The van der Waals surface area contributed by atoms with Gasteiger partial charge >= 0.3 is 12.1 Å². The van der Waals surface area contributed by atoms with E-state index in [1.54, 1.807) is 5.38 Å². The maximum atomic E-state index is 12.6. The first-order valence-electron chi connectivity index (χ1n) is 13.5. The molecule has 14 heteroatoms. The number of nitrogens with one attached hydrogen (secondary N) is 4. The van der Waals surface area contributed by atoms with Crippen molar-refractivity contribution in [3.63, 3.8) is 0 Å². The molecule has 0 aliphatic carbocycles. The van der Waals surface area contributed by atoms with E-state index in [0.29, 0.717) is 30.9 Å². The highest BCUT2D eigenvalue weighted by Gasteiger charge is 2.22. The highest BCUT2D eigenvalue weighted by molar-refractivity contribution is 7.80. The van der Waals surface area contributed by atoms with E-state index in [0.717, 1.165) is 24.0 Å². The van der Waals surface area contributed by atoms with E-state index in [9.17, 15) is 24.0 Å². The van der Waals surface area contributed by atoms with E-state index >= 15 is 0 Å². The molecule has 1 heterocycles. The Morgan fingerprint density at radius 1 is 1.00 bits per heavy atom. The Hall–Kier alpha value is -3.65. The molecule has 12 nitrogen and oxygen atoms in total. The molecular formula is C28H39N5O7S2. The Morgan fingerprint density at radius 3 is 2.36 bits per heavy atom. The van der Waals surface area contributed by atoms with Crippen molar-refractivity contribution in [1.82, 2.24) is 26.3 Å². The first-order chi connectivity index (χ1) is 19.9. The molecule has 1 unspecified atom stereocenters. The smallest absolute Gasteiger partial charge is 0.407 e. The number of unbranched alkanes of at least 4 members (excludes halogenated alkanes) is 2. The number of thiazole rings is 1. The number of amides is 4. The summed E-state index contributed by atoms with van der Waals surface area (Å²) in [4.78, 5) is 64.2. The van der Waals surface area contributed by atoms with Gasteiger partial charge in [-0.05, 0) is 39.2 Å². The molecule has 42 heavy (non-hydrogen) atoms. The number of hydrogen-bond acceptors (Lipinski definition) is 10. The van der Waals surface area contributed by atoms with Crippen molar-refractivity contribution >= 4 is 53.7 Å². The first kappa shape index (κ1) is 34.6. The standard InChI is InChI=1S/C28H39N5O7S2/c1-28(2,3)40-27(38)29-13-7-5-6-8-22(34)30-14-18-9-11-19(12-10-18)26-33-21(17-42-26)25(37)32-20(16-41)24(36)31-15-23(35)39-4/h9-12,17,20,41H,5-8,13-16H2,1-4H3,(H,29,38)(H,30,34)(H,31,36)(H,32,37). The maximum absolute atomic E-state index is 12.6. The number of alkyl carbamates (subject to hydrolysis) is 1. The van der Waals surface area contributed by atoms with Crippen molar-refractivity contribution < 1.29 is 33.4 Å². The summed E-state index contributed by atoms with van der Waals surface area (Å²) >= 11 is 5.39. The number of ether oxygens (including phenoxy) is 2. The lowest BCUT2D eigenvalue weighted by Crippen LogP contribution is -2.49. The van der Waals surface area contributed by atoms with Gasteiger partial charge in [-0.25, -0.2) is 9.78 Å². The van der Waals surface area contributed by atoms with Gasteiger partial charge in [-0.2, -0.15) is 12.6 Å². The molecule has 4 amide bonds. The number of aromatic nitrogens is 1. The number of esters is 1. The fraction of sp³-hybridized carbons (Fsp3) is 0.500. The lowest BCUT2D eigenvalue weighted by atomic mass is 10.1. The molecular weight excluding hydrogens is 582 g/mol. The summed E-state index contributed by atoms with van der Waals surface area (Å²) in [6.07, 6.45) is 2.24. The maximum Gasteiger partial charge on any atom is 0.407 e. The zero-order valence-electron chi connectivity index (χ0n) is 24.3. The largest absolute Gasteiger partial charge is 0.468 e. The van der Waals surface area contributed by atoms with E-state index in [2.05, 4.69) is 43.6 Å². The highest BCUT2D eigenvalue weighted by Crippen LogP contribution is 2.24. The van der Waals surface area contributed by atoms with E-state index in [-0.39, 0.29) is 23.9 Å². The van der Waals surface area contributed by atoms with Crippen molar-refractivity contribution in [3.8, 4) is 10.6 Å². The Morgan fingerprint density at radius 2 is 1.71 bits per heavy atom. The second kappa shape index (κ2) is 17.3. The van der Waals surface area contributed by atoms with Gasteiger partial charge in [0.05, 0.1) is 7.11 Å². The van der Waals surface area contributed by atoms with Crippen LogP contribution in [0.25, 0.3) is 10.6 Å². The second-order valence-corrected chi connectivity index (χ2v) is 11.5. The number of carbonyl (C=O) groups excluding carboxylic acids is 5. The van der Waals surface area contributed by atoms with Crippen LogP contribution in [0, 0.1) is 0 Å². The van der Waals surface area contributed by atoms with Crippen molar-refractivity contribution in [3.05, 3.63) is 40.9 Å². The monoisotopic (exact) mass is 621 g/mol. The van der Waals surface area contributed by atoms with Crippen molar-refractivity contribution in [2.75, 3.05) is 26.0 Å². The second-order valence-electron chi connectivity index (χ2n) is 10.3. The Kier molecular flexibility index (Phi) is 14.3. The molecule has 0 fully saturated rings. The van der Waals surface area contributed by atoms with Gasteiger partial charge in [-0.3, -0.25) is 19.2 Å². The van der Waals surface area contributed by atoms with E-state index in [1.165, 1.54) is 18.4 Å². The van der Waals surface area contributed by atoms with Gasteiger partial charge in [0.25, 0.3) is 5.91 Å². The van der Waals surface area contributed by atoms with Crippen LogP contribution in [-0.4, -0.2) is 72.4 Å². The zero-order valence-corrected chi connectivity index (χ0v) is 26.0. The summed E-state index contributed by atoms with van der Waals surface area (Å²) in [5, 5.41) is 12.8. The summed E-state index contributed by atoms with van der Waals surface area (Å²) in [7, 11) is 1.21. The topological polar surface area (TPSA) is 165 Å². The Labute approximate surface area is 255 Å². The highest BCUT2D eigenvalue weighted by atomic mass is 32.1. The quantitative estimate of drug-likeness (QED) is 0.115. The number of rotatable bonds is 15. The minimum absolute atomic E-state index is 0.0288. The van der Waals surface area contributed by atoms with Gasteiger partial charge in [0.1, 0.15) is 28.9 Å². The molecule has 1 aromatic carbocycles. The van der Waals surface area contributed by atoms with Crippen LogP contribution >= 0.6 is 24.0 Å². The van der Waals surface area contributed by atoms with Crippen LogP contribution in [0.1, 0.15) is 62.5 Å². The predicted molar refractivity (Wildman–Crippen MR) is 162 cm³/mol. The minimum atomic E-state index is -0.952. The fourth-order valence-corrected chi connectivity index (χ4v) is 4.50. The number of nitrogens with zero attached hydrogens (tertiary/aromatic N) is 1. The molecule has 4 N–H and O–H groups in total. The first-order valence-corrected chi connectivity index (χ1v) is 15.0. The van der Waals surface area contributed by atoms with Crippen LogP contribution in [0.2, 0.25) is 0 Å². The van der Waals surface area contributed by atoms with Gasteiger partial charge < -0.3 is 30.7 Å². The predicted octanol–water partition coefficient (Wildman–Crippen LogP) is 2.83. The molecule has 0 aliphatic heterocycles. The fourth-order valence-electron chi connectivity index (χ4n) is 3.44. The minimum Gasteiger partial charge on any atom is -0.468 e. The lowest BCUT2D eigenvalue weighted by Gasteiger charge is -2.19. The summed E-state index contributed by atoms with van der Waals surface area (Å²) in [6, 6.07) is 6.52. The van der Waals surface area contributed by atoms with Crippen LogP contribution in [-0.2, 0) is 30.4 Å². The average molecular weight is 622 g/mol. The van der Waals surface area contributed by atoms with Gasteiger partial charge in [0.15, 0.2) is 0 Å². The van der Waals surface area contributed by atoms with Gasteiger partial charge in [-0.1, -0.05) is 30.7 Å². The van der Waals surface area contributed by atoms with E-state index in [4.69, 9.17) is 4.74 Å². The molecule has 2 aromatic rings. The molecule has 0 bridgehead atoms. The van der Waals surface area contributed by atoms with Crippen molar-refractivity contribution in [1.29, 1.82) is 0 Å². The summed E-state index contributed by atoms with van der Waals surface area (Å²) < 4.78 is 9.66. The Balaban J connectivity index is 1.74. The SMILES string of the molecule is COC(=O)CNC(=O)C(CS)NC(=O)c1csc(-c2ccc(CNC(=O)CCCCCNC(=O)OC(C)(C)C)cc2)n1. The van der Waals surface area contributed by atoms with Gasteiger partial charge in [0, 0.05) is 36.2 Å². The molecule has 0 radical (unpaired) electrons.